The number of esters is 1. The molecule has 0 amide bonds. The molecule has 0 aromatic rings. The third kappa shape index (κ3) is 6.84. The van der Waals surface area contributed by atoms with Gasteiger partial charge in [0, 0.05) is 5.57 Å². The van der Waals surface area contributed by atoms with Crippen LogP contribution in [-0.4, -0.2) is 46.8 Å². The Morgan fingerprint density at radius 1 is 0.968 bits per heavy atom. The number of rotatable bonds is 6. The molecule has 1 fully saturated rings. The van der Waals surface area contributed by atoms with Crippen LogP contribution in [0.1, 0.15) is 72.6 Å². The Morgan fingerprint density at radius 3 is 1.97 bits per heavy atom. The lowest BCUT2D eigenvalue weighted by molar-refractivity contribution is -0.399. The van der Waals surface area contributed by atoms with Gasteiger partial charge in [-0.2, -0.15) is 26.3 Å². The van der Waals surface area contributed by atoms with Crippen molar-refractivity contribution in [3.05, 3.63) is 12.2 Å². The smallest absolute Gasteiger partial charge is 0.428 e. The van der Waals surface area contributed by atoms with Gasteiger partial charge >= 0.3 is 18.3 Å². The summed E-state index contributed by atoms with van der Waals surface area (Å²) in [4.78, 5) is 11.8. The van der Waals surface area contributed by atoms with Crippen LogP contribution in [0.15, 0.2) is 12.2 Å². The van der Waals surface area contributed by atoms with E-state index in [1.165, 1.54) is 20.8 Å². The Labute approximate surface area is 179 Å². The molecule has 3 unspecified atom stereocenters. The standard InChI is InChI=1S/C21H32F6O4/c1-13(2)17(28)30-16-10-8-6-7-9-15(11-12-16)18(4,5)31-14(3)19(29,20(22,23)24)21(25,26)27/h14-16,29H,1,6-12H2,2-5H3. The van der Waals surface area contributed by atoms with Crippen molar-refractivity contribution in [2.24, 2.45) is 5.92 Å². The lowest BCUT2D eigenvalue weighted by Crippen LogP contribution is -2.65. The first kappa shape index (κ1) is 27.7. The number of ether oxygens (including phenoxy) is 2. The van der Waals surface area contributed by atoms with Crippen LogP contribution in [0, 0.1) is 5.92 Å². The maximum Gasteiger partial charge on any atom is 0.428 e. The van der Waals surface area contributed by atoms with E-state index in [0.717, 1.165) is 12.8 Å². The fraction of sp³-hybridized carbons (Fsp3) is 0.857. The Morgan fingerprint density at radius 2 is 1.48 bits per heavy atom. The molecule has 0 aromatic heterocycles. The Kier molecular flexibility index (Phi) is 9.04. The van der Waals surface area contributed by atoms with Crippen LogP contribution in [0.3, 0.4) is 0 Å². The summed E-state index contributed by atoms with van der Waals surface area (Å²) in [6, 6.07) is 0. The summed E-state index contributed by atoms with van der Waals surface area (Å²) in [5.41, 5.74) is -6.14. The van der Waals surface area contributed by atoms with Gasteiger partial charge < -0.3 is 14.6 Å². The van der Waals surface area contributed by atoms with Crippen LogP contribution < -0.4 is 0 Å². The number of hydrogen-bond donors (Lipinski definition) is 1. The zero-order valence-electron chi connectivity index (χ0n) is 18.3. The van der Waals surface area contributed by atoms with E-state index in [-0.39, 0.29) is 5.57 Å². The second-order valence-corrected chi connectivity index (χ2v) is 8.85. The number of hydrogen-bond acceptors (Lipinski definition) is 4. The summed E-state index contributed by atoms with van der Waals surface area (Å²) in [5, 5.41) is 9.61. The van der Waals surface area contributed by atoms with Crippen molar-refractivity contribution >= 4 is 5.97 Å². The minimum Gasteiger partial charge on any atom is -0.459 e. The van der Waals surface area contributed by atoms with Gasteiger partial charge in [-0.15, -0.1) is 0 Å². The van der Waals surface area contributed by atoms with Crippen LogP contribution in [0.2, 0.25) is 0 Å². The molecule has 1 saturated carbocycles. The number of alkyl halides is 6. The fourth-order valence-corrected chi connectivity index (χ4v) is 3.94. The predicted octanol–water partition coefficient (Wildman–Crippen LogP) is 5.87. The van der Waals surface area contributed by atoms with Crippen molar-refractivity contribution in [2.75, 3.05) is 0 Å². The predicted molar refractivity (Wildman–Crippen MR) is 102 cm³/mol. The van der Waals surface area contributed by atoms with E-state index in [1.807, 2.05) is 0 Å². The Hall–Kier alpha value is -1.29. The van der Waals surface area contributed by atoms with Crippen molar-refractivity contribution < 1.29 is 45.7 Å². The lowest BCUT2D eigenvalue weighted by Gasteiger charge is -2.43. The maximum atomic E-state index is 13.2. The van der Waals surface area contributed by atoms with Crippen molar-refractivity contribution in [2.45, 2.75) is 108 Å². The fourth-order valence-electron chi connectivity index (χ4n) is 3.94. The summed E-state index contributed by atoms with van der Waals surface area (Å²) >= 11 is 0. The second-order valence-electron chi connectivity index (χ2n) is 8.85. The molecule has 1 N–H and O–H groups in total. The molecule has 1 aliphatic carbocycles. The van der Waals surface area contributed by atoms with Gasteiger partial charge in [0.05, 0.1) is 5.60 Å². The SMILES string of the molecule is C=C(C)C(=O)OC1CCCCCC(C(C)(C)OC(C)C(O)(C(F)(F)F)C(F)(F)F)CC1. The first-order valence-corrected chi connectivity index (χ1v) is 10.3. The highest BCUT2D eigenvalue weighted by Crippen LogP contribution is 2.47. The van der Waals surface area contributed by atoms with Gasteiger partial charge in [-0.25, -0.2) is 4.79 Å². The molecule has 4 nitrogen and oxygen atoms in total. The highest BCUT2D eigenvalue weighted by molar-refractivity contribution is 5.87. The minimum absolute atomic E-state index is 0.243. The van der Waals surface area contributed by atoms with E-state index in [0.29, 0.717) is 39.0 Å². The monoisotopic (exact) mass is 462 g/mol. The largest absolute Gasteiger partial charge is 0.459 e. The molecule has 0 spiro atoms. The van der Waals surface area contributed by atoms with Crippen molar-refractivity contribution in [3.63, 3.8) is 0 Å². The molecule has 0 saturated heterocycles. The molecule has 0 radical (unpaired) electrons. The van der Waals surface area contributed by atoms with Crippen molar-refractivity contribution in [1.82, 2.24) is 0 Å². The molecular formula is C21H32F6O4. The molecule has 182 valence electrons. The molecule has 0 bridgehead atoms. The van der Waals surface area contributed by atoms with E-state index >= 15 is 0 Å². The van der Waals surface area contributed by atoms with Crippen LogP contribution in [-0.2, 0) is 14.3 Å². The van der Waals surface area contributed by atoms with Gasteiger partial charge in [-0.05, 0) is 65.7 Å². The Bertz CT molecular complexity index is 612. The number of carbonyl (C=O) groups excluding carboxylic acids is 1. The van der Waals surface area contributed by atoms with Gasteiger partial charge in [0.25, 0.3) is 5.60 Å². The van der Waals surface area contributed by atoms with E-state index in [1.54, 1.807) is 0 Å². The highest BCUT2D eigenvalue weighted by Gasteiger charge is 2.74. The van der Waals surface area contributed by atoms with Crippen LogP contribution in [0.4, 0.5) is 26.3 Å². The summed E-state index contributed by atoms with van der Waals surface area (Å²) < 4.78 is 89.7. The van der Waals surface area contributed by atoms with Crippen LogP contribution in [0.5, 0.6) is 0 Å². The summed E-state index contributed by atoms with van der Waals surface area (Å²) in [6.45, 7) is 8.47. The molecule has 1 rings (SSSR count). The zero-order valence-corrected chi connectivity index (χ0v) is 18.3. The summed E-state index contributed by atoms with van der Waals surface area (Å²) in [5.74, 6) is -0.935. The van der Waals surface area contributed by atoms with Gasteiger partial charge in [-0.3, -0.25) is 0 Å². The molecule has 1 aliphatic rings. The van der Waals surface area contributed by atoms with Gasteiger partial charge in [-0.1, -0.05) is 19.4 Å². The van der Waals surface area contributed by atoms with E-state index in [9.17, 15) is 36.2 Å². The normalized spacial score (nSPS) is 23.3. The molecule has 3 atom stereocenters. The second kappa shape index (κ2) is 10.1. The van der Waals surface area contributed by atoms with Crippen LogP contribution in [0.25, 0.3) is 0 Å². The molecule has 31 heavy (non-hydrogen) atoms. The maximum absolute atomic E-state index is 13.2. The van der Waals surface area contributed by atoms with Crippen LogP contribution >= 0.6 is 0 Å². The van der Waals surface area contributed by atoms with E-state index in [2.05, 4.69) is 6.58 Å². The van der Waals surface area contributed by atoms with Crippen molar-refractivity contribution in [3.8, 4) is 0 Å². The molecular weight excluding hydrogens is 430 g/mol. The molecule has 10 heteroatoms. The highest BCUT2D eigenvalue weighted by atomic mass is 19.4. The number of carbonyl (C=O) groups is 1. The topological polar surface area (TPSA) is 55.8 Å². The third-order valence-corrected chi connectivity index (χ3v) is 5.95. The zero-order chi connectivity index (χ0) is 24.3. The average molecular weight is 462 g/mol. The summed E-state index contributed by atoms with van der Waals surface area (Å²) in [6.07, 6.45) is -10.7. The molecule has 0 aromatic carbocycles. The lowest BCUT2D eigenvalue weighted by atomic mass is 9.82. The quantitative estimate of drug-likeness (QED) is 0.305. The van der Waals surface area contributed by atoms with Gasteiger partial charge in [0.1, 0.15) is 12.2 Å². The van der Waals surface area contributed by atoms with Gasteiger partial charge in [0.15, 0.2) is 0 Å². The number of aliphatic hydroxyl groups is 1. The molecule has 0 heterocycles. The third-order valence-electron chi connectivity index (χ3n) is 5.95. The Balaban J connectivity index is 3.01. The number of halogens is 6. The van der Waals surface area contributed by atoms with Gasteiger partial charge in [0.2, 0.25) is 0 Å². The first-order chi connectivity index (χ1) is 13.9. The minimum atomic E-state index is -5.96. The van der Waals surface area contributed by atoms with E-state index in [4.69, 9.17) is 9.47 Å². The molecule has 0 aliphatic heterocycles. The van der Waals surface area contributed by atoms with Crippen molar-refractivity contribution in [1.29, 1.82) is 0 Å². The first-order valence-electron chi connectivity index (χ1n) is 10.3. The van der Waals surface area contributed by atoms with E-state index < -0.39 is 47.6 Å². The summed E-state index contributed by atoms with van der Waals surface area (Å²) in [7, 11) is 0. The average Bonchev–Trinajstić information content (AvgIpc) is 2.71.